The van der Waals surface area contributed by atoms with Crippen LogP contribution < -0.4 is 16.3 Å². The van der Waals surface area contributed by atoms with Gasteiger partial charge in [0.1, 0.15) is 6.04 Å². The van der Waals surface area contributed by atoms with Crippen molar-refractivity contribution in [3.05, 3.63) is 35.9 Å². The van der Waals surface area contributed by atoms with Crippen molar-refractivity contribution in [3.63, 3.8) is 0 Å². The molecule has 0 spiro atoms. The number of benzene rings is 1. The first-order valence-electron chi connectivity index (χ1n) is 6.73. The summed E-state index contributed by atoms with van der Waals surface area (Å²) in [6.07, 6.45) is 5.10. The van der Waals surface area contributed by atoms with Crippen LogP contribution in [0.25, 0.3) is 0 Å². The Labute approximate surface area is 112 Å². The molecule has 1 saturated heterocycles. The minimum atomic E-state index is -0.166. The van der Waals surface area contributed by atoms with E-state index in [1.54, 1.807) is 6.21 Å². The van der Waals surface area contributed by atoms with Gasteiger partial charge in [0.25, 0.3) is 5.91 Å². The molecule has 0 aromatic heterocycles. The first-order valence-corrected chi connectivity index (χ1v) is 6.73. The number of fused-ring (bicyclic) bond motifs is 1. The summed E-state index contributed by atoms with van der Waals surface area (Å²) in [6.45, 7) is 0. The van der Waals surface area contributed by atoms with Crippen LogP contribution in [0, 0.1) is 5.92 Å². The fourth-order valence-corrected chi connectivity index (χ4v) is 2.91. The lowest BCUT2D eigenvalue weighted by Crippen LogP contribution is -2.44. The summed E-state index contributed by atoms with van der Waals surface area (Å²) in [5, 5.41) is 4.01. The Balaban J connectivity index is 1.56. The van der Waals surface area contributed by atoms with E-state index in [1.165, 1.54) is 6.42 Å². The van der Waals surface area contributed by atoms with E-state index in [4.69, 9.17) is 0 Å². The van der Waals surface area contributed by atoms with Gasteiger partial charge in [0.05, 0.1) is 6.21 Å². The molecule has 1 heterocycles. The van der Waals surface area contributed by atoms with Gasteiger partial charge in [-0.15, -0.1) is 0 Å². The molecular formula is C14H18N4O. The van der Waals surface area contributed by atoms with Crippen molar-refractivity contribution in [2.75, 3.05) is 0 Å². The molecule has 100 valence electrons. The van der Waals surface area contributed by atoms with Gasteiger partial charge in [0.2, 0.25) is 0 Å². The standard InChI is InChI=1S/C14H18N4O/c19-14(13-11-7-4-8-12(11)16-17-13)18-15-9-10-5-2-1-3-6-10/h1-3,5-6,9,11-13,16-17H,4,7-8H2,(H,18,19)/b15-9+. The van der Waals surface area contributed by atoms with Crippen molar-refractivity contribution >= 4 is 12.1 Å². The topological polar surface area (TPSA) is 65.5 Å². The molecule has 1 amide bonds. The Hall–Kier alpha value is -1.72. The number of amides is 1. The summed E-state index contributed by atoms with van der Waals surface area (Å²) >= 11 is 0. The second kappa shape index (κ2) is 5.50. The van der Waals surface area contributed by atoms with Crippen LogP contribution in [0.1, 0.15) is 24.8 Å². The zero-order chi connectivity index (χ0) is 13.1. The summed E-state index contributed by atoms with van der Waals surface area (Å²) in [7, 11) is 0. The van der Waals surface area contributed by atoms with Crippen LogP contribution in [-0.2, 0) is 4.79 Å². The second-order valence-corrected chi connectivity index (χ2v) is 5.11. The highest BCUT2D eigenvalue weighted by atomic mass is 16.2. The quantitative estimate of drug-likeness (QED) is 0.554. The van der Waals surface area contributed by atoms with Gasteiger partial charge in [0.15, 0.2) is 0 Å². The Bertz CT molecular complexity index is 474. The highest BCUT2D eigenvalue weighted by Crippen LogP contribution is 2.31. The summed E-state index contributed by atoms with van der Waals surface area (Å²) in [5.74, 6) is 0.334. The van der Waals surface area contributed by atoms with Gasteiger partial charge in [-0.1, -0.05) is 36.8 Å². The number of rotatable bonds is 3. The molecule has 1 saturated carbocycles. The number of carbonyl (C=O) groups is 1. The molecule has 1 aromatic rings. The van der Waals surface area contributed by atoms with E-state index < -0.39 is 0 Å². The lowest BCUT2D eigenvalue weighted by Gasteiger charge is -2.14. The van der Waals surface area contributed by atoms with Crippen molar-refractivity contribution in [1.29, 1.82) is 0 Å². The summed E-state index contributed by atoms with van der Waals surface area (Å²) in [5.41, 5.74) is 9.85. The van der Waals surface area contributed by atoms with Crippen LogP contribution in [0.15, 0.2) is 35.4 Å². The minimum Gasteiger partial charge on any atom is -0.271 e. The van der Waals surface area contributed by atoms with Gasteiger partial charge in [-0.2, -0.15) is 5.10 Å². The van der Waals surface area contributed by atoms with Gasteiger partial charge >= 0.3 is 0 Å². The molecule has 5 nitrogen and oxygen atoms in total. The van der Waals surface area contributed by atoms with Crippen LogP contribution in [0.2, 0.25) is 0 Å². The van der Waals surface area contributed by atoms with E-state index in [0.717, 1.165) is 18.4 Å². The number of hydrogen-bond donors (Lipinski definition) is 3. The third kappa shape index (κ3) is 2.67. The first kappa shape index (κ1) is 12.3. The van der Waals surface area contributed by atoms with Crippen LogP contribution in [0.3, 0.4) is 0 Å². The van der Waals surface area contributed by atoms with Crippen LogP contribution in [0.5, 0.6) is 0 Å². The monoisotopic (exact) mass is 258 g/mol. The summed E-state index contributed by atoms with van der Waals surface area (Å²) in [6, 6.07) is 9.98. The number of hydrogen-bond acceptors (Lipinski definition) is 4. The Morgan fingerprint density at radius 2 is 2.11 bits per heavy atom. The van der Waals surface area contributed by atoms with Gasteiger partial charge in [-0.05, 0) is 18.4 Å². The fourth-order valence-electron chi connectivity index (χ4n) is 2.91. The highest BCUT2D eigenvalue weighted by molar-refractivity contribution is 5.85. The van der Waals surface area contributed by atoms with Gasteiger partial charge < -0.3 is 0 Å². The van der Waals surface area contributed by atoms with Crippen molar-refractivity contribution < 1.29 is 4.79 Å². The predicted molar refractivity (Wildman–Crippen MR) is 73.4 cm³/mol. The summed E-state index contributed by atoms with van der Waals surface area (Å²) in [4.78, 5) is 12.1. The van der Waals surface area contributed by atoms with Gasteiger partial charge in [0, 0.05) is 12.0 Å². The van der Waals surface area contributed by atoms with E-state index in [9.17, 15) is 4.79 Å². The van der Waals surface area contributed by atoms with E-state index >= 15 is 0 Å². The first-order chi connectivity index (χ1) is 9.34. The second-order valence-electron chi connectivity index (χ2n) is 5.11. The van der Waals surface area contributed by atoms with Gasteiger partial charge in [-0.25, -0.2) is 10.9 Å². The van der Waals surface area contributed by atoms with E-state index in [1.807, 2.05) is 30.3 Å². The lowest BCUT2D eigenvalue weighted by atomic mass is 9.97. The predicted octanol–water partition coefficient (Wildman–Crippen LogP) is 0.782. The van der Waals surface area contributed by atoms with Crippen LogP contribution in [0.4, 0.5) is 0 Å². The molecule has 19 heavy (non-hydrogen) atoms. The normalized spacial score (nSPS) is 29.6. The minimum absolute atomic E-state index is 0.0610. The lowest BCUT2D eigenvalue weighted by molar-refractivity contribution is -0.123. The Kier molecular flexibility index (Phi) is 3.57. The number of hydrazine groups is 1. The molecule has 0 radical (unpaired) electrons. The molecule has 2 aliphatic rings. The molecular weight excluding hydrogens is 240 g/mol. The van der Waals surface area contributed by atoms with Crippen molar-refractivity contribution in [3.8, 4) is 0 Å². The maximum Gasteiger partial charge on any atom is 0.258 e. The molecule has 1 aliphatic carbocycles. The molecule has 0 bridgehead atoms. The highest BCUT2D eigenvalue weighted by Gasteiger charge is 2.42. The van der Waals surface area contributed by atoms with E-state index in [2.05, 4.69) is 21.4 Å². The Morgan fingerprint density at radius 1 is 1.26 bits per heavy atom. The number of nitrogens with one attached hydrogen (secondary N) is 3. The van der Waals surface area contributed by atoms with Crippen molar-refractivity contribution in [1.82, 2.24) is 16.3 Å². The fraction of sp³-hybridized carbons (Fsp3) is 0.429. The molecule has 3 rings (SSSR count). The van der Waals surface area contributed by atoms with Crippen molar-refractivity contribution in [2.45, 2.75) is 31.3 Å². The largest absolute Gasteiger partial charge is 0.271 e. The van der Waals surface area contributed by atoms with E-state index in [0.29, 0.717) is 12.0 Å². The number of nitrogens with zero attached hydrogens (tertiary/aromatic N) is 1. The smallest absolute Gasteiger partial charge is 0.258 e. The third-order valence-electron chi connectivity index (χ3n) is 3.89. The maximum atomic E-state index is 12.1. The third-order valence-corrected chi connectivity index (χ3v) is 3.89. The summed E-state index contributed by atoms with van der Waals surface area (Å²) < 4.78 is 0. The SMILES string of the molecule is O=C(N/N=C/c1ccccc1)C1NNC2CCCC21. The molecule has 1 aliphatic heterocycles. The average molecular weight is 258 g/mol. The van der Waals surface area contributed by atoms with Crippen LogP contribution >= 0.6 is 0 Å². The number of hydrazone groups is 1. The van der Waals surface area contributed by atoms with E-state index in [-0.39, 0.29) is 11.9 Å². The molecule has 3 N–H and O–H groups in total. The van der Waals surface area contributed by atoms with Gasteiger partial charge in [-0.3, -0.25) is 10.2 Å². The zero-order valence-corrected chi connectivity index (χ0v) is 10.7. The Morgan fingerprint density at radius 3 is 2.95 bits per heavy atom. The van der Waals surface area contributed by atoms with Crippen LogP contribution in [-0.4, -0.2) is 24.2 Å². The molecule has 2 fully saturated rings. The molecule has 3 unspecified atom stereocenters. The molecule has 5 heteroatoms. The number of carbonyl (C=O) groups excluding carboxylic acids is 1. The maximum absolute atomic E-state index is 12.1. The average Bonchev–Trinajstić information content (AvgIpc) is 3.02. The van der Waals surface area contributed by atoms with Crippen molar-refractivity contribution in [2.24, 2.45) is 11.0 Å². The zero-order valence-electron chi connectivity index (χ0n) is 10.7. The molecule has 3 atom stereocenters. The molecule has 1 aromatic carbocycles.